The maximum Gasteiger partial charge on any atom is 0.469 e. The van der Waals surface area contributed by atoms with Gasteiger partial charge in [0.05, 0.1) is 6.61 Å². The van der Waals surface area contributed by atoms with E-state index in [1.54, 1.807) is 0 Å². The summed E-state index contributed by atoms with van der Waals surface area (Å²) in [7, 11) is -4.75. The van der Waals surface area contributed by atoms with Gasteiger partial charge in [-0.05, 0) is 64.2 Å². The second-order valence-corrected chi connectivity index (χ2v) is 12.0. The molecule has 0 radical (unpaired) electrons. The average Bonchev–Trinajstić information content (AvgIpc) is 2.97. The van der Waals surface area contributed by atoms with Gasteiger partial charge in [0, 0.05) is 12.8 Å². The lowest BCUT2D eigenvalue weighted by molar-refractivity contribution is -0.161. The van der Waals surface area contributed by atoms with Crippen molar-refractivity contribution in [3.8, 4) is 0 Å². The molecule has 0 fully saturated rings. The molecule has 1 atom stereocenters. The zero-order valence-corrected chi connectivity index (χ0v) is 27.7. The van der Waals surface area contributed by atoms with Crippen LogP contribution in [0.15, 0.2) is 48.6 Å². The Bertz CT molecular complexity index is 843. The number of rotatable bonds is 29. The monoisotopic (exact) mass is 626 g/mol. The summed E-state index contributed by atoms with van der Waals surface area (Å²) >= 11 is 0. The lowest BCUT2D eigenvalue weighted by Crippen LogP contribution is -2.29. The Morgan fingerprint density at radius 2 is 1.12 bits per heavy atom. The standard InChI is InChI=1S/C34H59O8P/c1-3-5-7-9-11-13-15-16-17-18-19-21-23-25-27-29-34(36)42-32(31-41-43(37,38)39)30-40-33(35)28-26-24-22-20-14-12-10-8-6-4-2/h5,7-8,10-11,13,16-17,32H,3-4,6,9,12,14-15,18-31H2,1-2H3,(H2,37,38,39)/b7-5-,10-8-,13-11-,17-16-. The quantitative estimate of drug-likeness (QED) is 0.0365. The lowest BCUT2D eigenvalue weighted by Gasteiger charge is -2.18. The molecule has 0 spiro atoms. The highest BCUT2D eigenvalue weighted by atomic mass is 31.2. The molecule has 43 heavy (non-hydrogen) atoms. The van der Waals surface area contributed by atoms with E-state index in [1.807, 2.05) is 0 Å². The molecule has 8 nitrogen and oxygen atoms in total. The number of allylic oxidation sites excluding steroid dienone is 8. The minimum absolute atomic E-state index is 0.189. The molecule has 0 aliphatic carbocycles. The molecule has 0 rings (SSSR count). The first kappa shape index (κ1) is 41.0. The molecule has 0 bridgehead atoms. The number of ether oxygens (including phenoxy) is 2. The maximum absolute atomic E-state index is 12.3. The van der Waals surface area contributed by atoms with Crippen LogP contribution in [0.2, 0.25) is 0 Å². The SMILES string of the molecule is CC/C=C\C/C=C\C/C=C\CCCCCCCC(=O)OC(COC(=O)CCCCCCC/C=C\CCC)COP(=O)(O)O. The first-order valence-corrected chi connectivity index (χ1v) is 18.0. The van der Waals surface area contributed by atoms with Crippen molar-refractivity contribution < 1.29 is 37.9 Å². The fraction of sp³-hybridized carbons (Fsp3) is 0.706. The summed E-state index contributed by atoms with van der Waals surface area (Å²) in [5, 5.41) is 0. The van der Waals surface area contributed by atoms with E-state index in [4.69, 9.17) is 19.3 Å². The van der Waals surface area contributed by atoms with E-state index in [0.29, 0.717) is 12.8 Å². The van der Waals surface area contributed by atoms with Crippen LogP contribution in [-0.4, -0.2) is 41.0 Å². The Kier molecular flexibility index (Phi) is 28.7. The van der Waals surface area contributed by atoms with E-state index in [0.717, 1.165) is 89.9 Å². The molecule has 0 aromatic rings. The fourth-order valence-electron chi connectivity index (χ4n) is 4.15. The van der Waals surface area contributed by atoms with E-state index in [2.05, 4.69) is 67.0 Å². The number of unbranched alkanes of at least 4 members (excludes halogenated alkanes) is 11. The summed E-state index contributed by atoms with van der Waals surface area (Å²) in [5.41, 5.74) is 0. The Morgan fingerprint density at radius 3 is 1.70 bits per heavy atom. The molecule has 0 saturated carbocycles. The van der Waals surface area contributed by atoms with Gasteiger partial charge in [0.25, 0.3) is 0 Å². The van der Waals surface area contributed by atoms with E-state index >= 15 is 0 Å². The van der Waals surface area contributed by atoms with Crippen LogP contribution in [0, 0.1) is 0 Å². The zero-order chi connectivity index (χ0) is 31.9. The van der Waals surface area contributed by atoms with Crippen molar-refractivity contribution in [1.82, 2.24) is 0 Å². The normalized spacial score (nSPS) is 13.1. The number of carbonyl (C=O) groups is 2. The number of phosphoric ester groups is 1. The average molecular weight is 627 g/mol. The van der Waals surface area contributed by atoms with Gasteiger partial charge in [-0.25, -0.2) is 4.57 Å². The highest BCUT2D eigenvalue weighted by Gasteiger charge is 2.22. The second-order valence-electron chi connectivity index (χ2n) is 10.7. The van der Waals surface area contributed by atoms with Crippen LogP contribution in [0.25, 0.3) is 0 Å². The van der Waals surface area contributed by atoms with Crippen molar-refractivity contribution in [3.63, 3.8) is 0 Å². The Balaban J connectivity index is 4.07. The number of hydrogen-bond acceptors (Lipinski definition) is 6. The lowest BCUT2D eigenvalue weighted by atomic mass is 10.1. The minimum Gasteiger partial charge on any atom is -0.462 e. The highest BCUT2D eigenvalue weighted by Crippen LogP contribution is 2.35. The van der Waals surface area contributed by atoms with Gasteiger partial charge in [0.1, 0.15) is 6.61 Å². The summed E-state index contributed by atoms with van der Waals surface area (Å²) in [6.45, 7) is 3.45. The van der Waals surface area contributed by atoms with Gasteiger partial charge < -0.3 is 19.3 Å². The first-order valence-electron chi connectivity index (χ1n) is 16.4. The van der Waals surface area contributed by atoms with Crippen molar-refractivity contribution in [2.24, 2.45) is 0 Å². The predicted octanol–water partition coefficient (Wildman–Crippen LogP) is 9.23. The van der Waals surface area contributed by atoms with Crippen LogP contribution in [0.1, 0.15) is 136 Å². The molecule has 0 aromatic carbocycles. The van der Waals surface area contributed by atoms with Gasteiger partial charge in [0.2, 0.25) is 0 Å². The van der Waals surface area contributed by atoms with Crippen LogP contribution >= 0.6 is 7.82 Å². The molecule has 248 valence electrons. The topological polar surface area (TPSA) is 119 Å². The van der Waals surface area contributed by atoms with Crippen LogP contribution in [0.5, 0.6) is 0 Å². The first-order chi connectivity index (χ1) is 20.8. The summed E-state index contributed by atoms with van der Waals surface area (Å²) in [6.07, 6.45) is 34.1. The molecule has 2 N–H and O–H groups in total. The van der Waals surface area contributed by atoms with Gasteiger partial charge in [-0.2, -0.15) is 0 Å². The third-order valence-electron chi connectivity index (χ3n) is 6.56. The third kappa shape index (κ3) is 32.8. The van der Waals surface area contributed by atoms with Gasteiger partial charge in [-0.3, -0.25) is 14.1 Å². The van der Waals surface area contributed by atoms with Gasteiger partial charge in [0.15, 0.2) is 6.10 Å². The maximum atomic E-state index is 12.3. The van der Waals surface area contributed by atoms with Crippen molar-refractivity contribution in [2.75, 3.05) is 13.2 Å². The predicted molar refractivity (Wildman–Crippen MR) is 174 cm³/mol. The molecule has 9 heteroatoms. The van der Waals surface area contributed by atoms with Crippen LogP contribution < -0.4 is 0 Å². The van der Waals surface area contributed by atoms with E-state index < -0.39 is 32.5 Å². The molecule has 1 unspecified atom stereocenters. The summed E-state index contributed by atoms with van der Waals surface area (Å²) in [4.78, 5) is 42.4. The van der Waals surface area contributed by atoms with Crippen LogP contribution in [-0.2, 0) is 28.2 Å². The van der Waals surface area contributed by atoms with Crippen molar-refractivity contribution in [2.45, 2.75) is 142 Å². The van der Waals surface area contributed by atoms with Crippen LogP contribution in [0.4, 0.5) is 0 Å². The van der Waals surface area contributed by atoms with E-state index in [1.165, 1.54) is 6.42 Å². The minimum atomic E-state index is -4.75. The van der Waals surface area contributed by atoms with Crippen molar-refractivity contribution in [1.29, 1.82) is 0 Å². The molecule has 0 amide bonds. The second kappa shape index (κ2) is 30.1. The Hall–Kier alpha value is -1.99. The highest BCUT2D eigenvalue weighted by molar-refractivity contribution is 7.46. The number of phosphoric acid groups is 1. The van der Waals surface area contributed by atoms with E-state index in [9.17, 15) is 14.2 Å². The largest absolute Gasteiger partial charge is 0.469 e. The number of esters is 2. The van der Waals surface area contributed by atoms with Gasteiger partial charge >= 0.3 is 19.8 Å². The van der Waals surface area contributed by atoms with Crippen molar-refractivity contribution in [3.05, 3.63) is 48.6 Å². The molecular weight excluding hydrogens is 567 g/mol. The summed E-state index contributed by atoms with van der Waals surface area (Å²) in [6, 6.07) is 0. The summed E-state index contributed by atoms with van der Waals surface area (Å²) in [5.74, 6) is -0.924. The molecule has 0 heterocycles. The van der Waals surface area contributed by atoms with Crippen molar-refractivity contribution >= 4 is 19.8 Å². The molecule has 0 saturated heterocycles. The van der Waals surface area contributed by atoms with Crippen LogP contribution in [0.3, 0.4) is 0 Å². The third-order valence-corrected chi connectivity index (χ3v) is 7.05. The Morgan fingerprint density at radius 1 is 0.628 bits per heavy atom. The smallest absolute Gasteiger partial charge is 0.462 e. The molecule has 0 aromatic heterocycles. The summed E-state index contributed by atoms with van der Waals surface area (Å²) < 4.78 is 26.1. The number of hydrogen-bond donors (Lipinski definition) is 2. The molecular formula is C34H59O8P. The zero-order valence-electron chi connectivity index (χ0n) is 26.8. The molecule has 0 aliphatic rings. The van der Waals surface area contributed by atoms with E-state index in [-0.39, 0.29) is 19.4 Å². The Labute approximate surface area is 261 Å². The fourth-order valence-corrected chi connectivity index (χ4v) is 4.51. The number of carbonyl (C=O) groups excluding carboxylic acids is 2. The van der Waals surface area contributed by atoms with Gasteiger partial charge in [-0.1, -0.05) is 107 Å². The van der Waals surface area contributed by atoms with Gasteiger partial charge in [-0.15, -0.1) is 0 Å². The molecule has 0 aliphatic heterocycles.